The Morgan fingerprint density at radius 2 is 2.55 bits per heavy atom. The SMILES string of the molecule is Brc1nc(C2CCOC2)co1. The first-order valence-corrected chi connectivity index (χ1v) is 4.34. The summed E-state index contributed by atoms with van der Waals surface area (Å²) in [5.74, 6) is 0.435. The van der Waals surface area contributed by atoms with Crippen molar-refractivity contribution in [3.63, 3.8) is 0 Å². The van der Waals surface area contributed by atoms with Crippen LogP contribution in [0.1, 0.15) is 18.0 Å². The average molecular weight is 218 g/mol. The van der Waals surface area contributed by atoms with Crippen molar-refractivity contribution in [2.24, 2.45) is 0 Å². The molecule has 1 fully saturated rings. The standard InChI is InChI=1S/C7H8BrNO2/c8-7-9-6(4-11-7)5-1-2-10-3-5/h4-5H,1-3H2. The van der Waals surface area contributed by atoms with Gasteiger partial charge in [0.25, 0.3) is 4.80 Å². The van der Waals surface area contributed by atoms with Gasteiger partial charge in [-0.15, -0.1) is 0 Å². The highest BCUT2D eigenvalue weighted by Gasteiger charge is 2.20. The Morgan fingerprint density at radius 3 is 3.09 bits per heavy atom. The van der Waals surface area contributed by atoms with Gasteiger partial charge in [-0.05, 0) is 6.42 Å². The zero-order chi connectivity index (χ0) is 7.68. The lowest BCUT2D eigenvalue weighted by atomic mass is 10.1. The zero-order valence-corrected chi connectivity index (χ0v) is 7.50. The summed E-state index contributed by atoms with van der Waals surface area (Å²) in [6, 6.07) is 0. The number of oxazole rings is 1. The maximum absolute atomic E-state index is 5.22. The molecule has 4 heteroatoms. The third-order valence-electron chi connectivity index (χ3n) is 1.84. The molecule has 3 nitrogen and oxygen atoms in total. The van der Waals surface area contributed by atoms with Crippen LogP contribution in [0.3, 0.4) is 0 Å². The van der Waals surface area contributed by atoms with Crippen LogP contribution in [-0.4, -0.2) is 18.2 Å². The molecule has 2 heterocycles. The number of nitrogens with zero attached hydrogens (tertiary/aromatic N) is 1. The predicted octanol–water partition coefficient (Wildman–Crippen LogP) is 1.94. The van der Waals surface area contributed by atoms with Gasteiger partial charge in [0.2, 0.25) is 0 Å². The van der Waals surface area contributed by atoms with Gasteiger partial charge in [-0.3, -0.25) is 0 Å². The van der Waals surface area contributed by atoms with Gasteiger partial charge in [0, 0.05) is 28.5 Å². The summed E-state index contributed by atoms with van der Waals surface area (Å²) in [5.41, 5.74) is 0.995. The van der Waals surface area contributed by atoms with Crippen LogP contribution in [0.15, 0.2) is 15.5 Å². The molecule has 0 N–H and O–H groups in total. The second-order valence-corrected chi connectivity index (χ2v) is 3.26. The Labute approximate surface area is 72.9 Å². The summed E-state index contributed by atoms with van der Waals surface area (Å²) in [6.45, 7) is 1.62. The molecule has 0 radical (unpaired) electrons. The molecule has 2 rings (SSSR count). The number of ether oxygens (including phenoxy) is 1. The maximum atomic E-state index is 5.22. The molecule has 0 amide bonds. The lowest BCUT2D eigenvalue weighted by molar-refractivity contribution is 0.193. The van der Waals surface area contributed by atoms with Gasteiger partial charge in [0.05, 0.1) is 12.3 Å². The van der Waals surface area contributed by atoms with Crippen molar-refractivity contribution in [2.45, 2.75) is 12.3 Å². The Morgan fingerprint density at radius 1 is 1.64 bits per heavy atom. The molecular weight excluding hydrogens is 210 g/mol. The summed E-state index contributed by atoms with van der Waals surface area (Å²) < 4.78 is 10.3. The molecule has 1 aliphatic rings. The molecule has 1 unspecified atom stereocenters. The first-order valence-electron chi connectivity index (χ1n) is 3.55. The smallest absolute Gasteiger partial charge is 0.264 e. The number of rotatable bonds is 1. The van der Waals surface area contributed by atoms with E-state index in [4.69, 9.17) is 9.15 Å². The summed E-state index contributed by atoms with van der Waals surface area (Å²) >= 11 is 3.16. The summed E-state index contributed by atoms with van der Waals surface area (Å²) in [5, 5.41) is 0. The first kappa shape index (κ1) is 7.31. The fraction of sp³-hybridized carbons (Fsp3) is 0.571. The number of aromatic nitrogens is 1. The third kappa shape index (κ3) is 1.46. The molecule has 1 aromatic rings. The third-order valence-corrected chi connectivity index (χ3v) is 2.21. The fourth-order valence-corrected chi connectivity index (χ4v) is 1.52. The van der Waals surface area contributed by atoms with Crippen LogP contribution in [0.25, 0.3) is 0 Å². The fourth-order valence-electron chi connectivity index (χ4n) is 1.22. The molecule has 0 aliphatic carbocycles. The second-order valence-electron chi connectivity index (χ2n) is 2.59. The van der Waals surface area contributed by atoms with Crippen LogP contribution in [0.5, 0.6) is 0 Å². The summed E-state index contributed by atoms with van der Waals surface area (Å²) in [4.78, 5) is 4.72. The molecule has 0 aromatic carbocycles. The predicted molar refractivity (Wildman–Crippen MR) is 42.4 cm³/mol. The molecule has 1 saturated heterocycles. The highest BCUT2D eigenvalue weighted by Crippen LogP contribution is 2.25. The highest BCUT2D eigenvalue weighted by atomic mass is 79.9. The molecule has 11 heavy (non-hydrogen) atoms. The van der Waals surface area contributed by atoms with Crippen molar-refractivity contribution in [2.75, 3.05) is 13.2 Å². The molecule has 1 aromatic heterocycles. The van der Waals surface area contributed by atoms with E-state index in [9.17, 15) is 0 Å². The van der Waals surface area contributed by atoms with Crippen molar-refractivity contribution in [1.82, 2.24) is 4.98 Å². The molecule has 0 spiro atoms. The summed E-state index contributed by atoms with van der Waals surface area (Å²) in [6.07, 6.45) is 2.74. The van der Waals surface area contributed by atoms with Crippen LogP contribution in [-0.2, 0) is 4.74 Å². The Kier molecular flexibility index (Phi) is 1.96. The van der Waals surface area contributed by atoms with E-state index in [1.807, 2.05) is 0 Å². The average Bonchev–Trinajstić information content (AvgIpc) is 2.55. The minimum absolute atomic E-state index is 0.435. The van der Waals surface area contributed by atoms with Crippen molar-refractivity contribution in [1.29, 1.82) is 0 Å². The van der Waals surface area contributed by atoms with E-state index in [1.54, 1.807) is 6.26 Å². The van der Waals surface area contributed by atoms with Crippen LogP contribution in [0.4, 0.5) is 0 Å². The molecule has 1 aliphatic heterocycles. The van der Waals surface area contributed by atoms with Gasteiger partial charge in [-0.2, -0.15) is 0 Å². The van der Waals surface area contributed by atoms with Crippen LogP contribution in [0, 0.1) is 0 Å². The molecule has 1 atom stereocenters. The van der Waals surface area contributed by atoms with Crippen molar-refractivity contribution < 1.29 is 9.15 Å². The molecule has 0 saturated carbocycles. The Hall–Kier alpha value is -0.350. The largest absolute Gasteiger partial charge is 0.439 e. The second kappa shape index (κ2) is 2.95. The van der Waals surface area contributed by atoms with E-state index in [2.05, 4.69) is 20.9 Å². The lowest BCUT2D eigenvalue weighted by Crippen LogP contribution is -1.96. The van der Waals surface area contributed by atoms with Gasteiger partial charge in [-0.1, -0.05) is 0 Å². The van der Waals surface area contributed by atoms with Crippen molar-refractivity contribution >= 4 is 15.9 Å². The number of halogens is 1. The van der Waals surface area contributed by atoms with E-state index in [-0.39, 0.29) is 0 Å². The van der Waals surface area contributed by atoms with Gasteiger partial charge in [0.1, 0.15) is 6.26 Å². The van der Waals surface area contributed by atoms with Crippen molar-refractivity contribution in [3.8, 4) is 0 Å². The first-order chi connectivity index (χ1) is 5.36. The lowest BCUT2D eigenvalue weighted by Gasteiger charge is -1.98. The minimum atomic E-state index is 0.435. The van der Waals surface area contributed by atoms with Gasteiger partial charge < -0.3 is 9.15 Å². The van der Waals surface area contributed by atoms with E-state index in [1.165, 1.54) is 0 Å². The topological polar surface area (TPSA) is 35.3 Å². The molecule has 0 bridgehead atoms. The van der Waals surface area contributed by atoms with Gasteiger partial charge in [-0.25, -0.2) is 4.98 Å². The van der Waals surface area contributed by atoms with Crippen LogP contribution in [0.2, 0.25) is 0 Å². The zero-order valence-electron chi connectivity index (χ0n) is 5.92. The Balaban J connectivity index is 2.15. The summed E-state index contributed by atoms with van der Waals surface area (Å²) in [7, 11) is 0. The van der Waals surface area contributed by atoms with E-state index in [0.29, 0.717) is 10.7 Å². The number of hydrogen-bond donors (Lipinski definition) is 0. The maximum Gasteiger partial charge on any atom is 0.264 e. The minimum Gasteiger partial charge on any atom is -0.439 e. The van der Waals surface area contributed by atoms with E-state index in [0.717, 1.165) is 25.3 Å². The van der Waals surface area contributed by atoms with E-state index >= 15 is 0 Å². The Bertz CT molecular complexity index is 242. The van der Waals surface area contributed by atoms with Crippen molar-refractivity contribution in [3.05, 3.63) is 16.8 Å². The van der Waals surface area contributed by atoms with E-state index < -0.39 is 0 Å². The normalized spacial score (nSPS) is 24.3. The quantitative estimate of drug-likeness (QED) is 0.722. The van der Waals surface area contributed by atoms with Gasteiger partial charge in [0.15, 0.2) is 0 Å². The number of hydrogen-bond acceptors (Lipinski definition) is 3. The highest BCUT2D eigenvalue weighted by molar-refractivity contribution is 9.10. The monoisotopic (exact) mass is 217 g/mol. The van der Waals surface area contributed by atoms with Crippen LogP contribution >= 0.6 is 15.9 Å². The van der Waals surface area contributed by atoms with Gasteiger partial charge >= 0.3 is 0 Å². The van der Waals surface area contributed by atoms with Crippen LogP contribution < -0.4 is 0 Å². The molecule has 60 valence electrons. The molecular formula is C7H8BrNO2.